The predicted octanol–water partition coefficient (Wildman–Crippen LogP) is 1.03. The molecule has 0 aromatic rings. The van der Waals surface area contributed by atoms with Crippen LogP contribution in [0.3, 0.4) is 0 Å². The van der Waals surface area contributed by atoms with E-state index in [1.807, 2.05) is 20.8 Å². The van der Waals surface area contributed by atoms with Gasteiger partial charge in [-0.2, -0.15) is 0 Å². The van der Waals surface area contributed by atoms with Gasteiger partial charge in [0.15, 0.2) is 0 Å². The molecule has 5 nitrogen and oxygen atoms in total. The maximum absolute atomic E-state index is 11.8. The van der Waals surface area contributed by atoms with Gasteiger partial charge >= 0.3 is 0 Å². The van der Waals surface area contributed by atoms with Crippen molar-refractivity contribution in [1.82, 2.24) is 15.1 Å². The Labute approximate surface area is 130 Å². The lowest BCUT2D eigenvalue weighted by Crippen LogP contribution is -2.59. The Balaban J connectivity index is 2.59. The van der Waals surface area contributed by atoms with Gasteiger partial charge in [-0.05, 0) is 48.0 Å². The summed E-state index contributed by atoms with van der Waals surface area (Å²) in [6, 6.07) is 1.21. The lowest BCUT2D eigenvalue weighted by molar-refractivity contribution is -0.125. The second-order valence-electron chi connectivity index (χ2n) is 7.21. The lowest BCUT2D eigenvalue weighted by Gasteiger charge is -2.42. The van der Waals surface area contributed by atoms with Gasteiger partial charge in [-0.3, -0.25) is 14.6 Å². The summed E-state index contributed by atoms with van der Waals surface area (Å²) in [5.41, 5.74) is 4.99. The molecule has 1 heterocycles. The van der Waals surface area contributed by atoms with Crippen molar-refractivity contribution in [2.45, 2.75) is 71.6 Å². The first-order valence-electron chi connectivity index (χ1n) is 8.21. The Kier molecular flexibility index (Phi) is 6.63. The summed E-state index contributed by atoms with van der Waals surface area (Å²) >= 11 is 0. The number of carbonyl (C=O) groups excluding carboxylic acids is 1. The number of nitrogens with zero attached hydrogens (tertiary/aromatic N) is 2. The molecule has 0 saturated carbocycles. The monoisotopic (exact) mass is 298 g/mol. The lowest BCUT2D eigenvalue weighted by atomic mass is 9.91. The van der Waals surface area contributed by atoms with E-state index in [4.69, 9.17) is 5.73 Å². The normalized spacial score (nSPS) is 22.5. The molecule has 21 heavy (non-hydrogen) atoms. The molecule has 0 radical (unpaired) electrons. The van der Waals surface area contributed by atoms with Gasteiger partial charge in [0, 0.05) is 44.3 Å². The van der Waals surface area contributed by atoms with Crippen molar-refractivity contribution in [3.8, 4) is 0 Å². The van der Waals surface area contributed by atoms with E-state index in [1.54, 1.807) is 0 Å². The van der Waals surface area contributed by atoms with Crippen molar-refractivity contribution in [1.29, 1.82) is 0 Å². The van der Waals surface area contributed by atoms with Crippen molar-refractivity contribution in [3.63, 3.8) is 0 Å². The largest absolute Gasteiger partial charge is 0.368 e. The molecule has 1 saturated heterocycles. The molecule has 0 aromatic heterocycles. The molecule has 124 valence electrons. The van der Waals surface area contributed by atoms with Crippen LogP contribution in [0.4, 0.5) is 0 Å². The summed E-state index contributed by atoms with van der Waals surface area (Å²) in [5.74, 6) is -0.260. The molecule has 2 unspecified atom stereocenters. The number of rotatable bonds is 7. The van der Waals surface area contributed by atoms with Gasteiger partial charge in [-0.15, -0.1) is 0 Å². The number of piperazine rings is 1. The van der Waals surface area contributed by atoms with Crippen LogP contribution in [0.1, 0.15) is 48.0 Å². The fraction of sp³-hybridized carbons (Fsp3) is 0.938. The zero-order valence-corrected chi connectivity index (χ0v) is 14.6. The molecule has 0 aromatic carbocycles. The van der Waals surface area contributed by atoms with Gasteiger partial charge in [0.05, 0.1) is 5.54 Å². The fourth-order valence-electron chi connectivity index (χ4n) is 3.28. The molecule has 2 atom stereocenters. The first-order valence-corrected chi connectivity index (χ1v) is 8.21. The standard InChI is InChI=1S/C16H34N4O/c1-12(2)18-16(6,15(17)21)11-14(5)20-9-7-19(8-10-20)13(3)4/h12-14,18H,7-11H2,1-6H3,(H2,17,21). The number of primary amides is 1. The van der Waals surface area contributed by atoms with Crippen molar-refractivity contribution >= 4 is 5.91 Å². The van der Waals surface area contributed by atoms with Crippen LogP contribution in [0.2, 0.25) is 0 Å². The highest BCUT2D eigenvalue weighted by Gasteiger charge is 2.35. The van der Waals surface area contributed by atoms with Crippen molar-refractivity contribution in [3.05, 3.63) is 0 Å². The SMILES string of the molecule is CC(C)NC(C)(CC(C)N1CCN(C(C)C)CC1)C(N)=O. The molecule has 0 aliphatic carbocycles. The molecule has 0 spiro atoms. The third kappa shape index (κ3) is 5.24. The predicted molar refractivity (Wildman–Crippen MR) is 88.2 cm³/mol. The number of amides is 1. The van der Waals surface area contributed by atoms with Crippen LogP contribution < -0.4 is 11.1 Å². The molecular formula is C16H34N4O. The summed E-state index contributed by atoms with van der Waals surface area (Å²) in [4.78, 5) is 16.8. The van der Waals surface area contributed by atoms with Crippen molar-refractivity contribution in [2.75, 3.05) is 26.2 Å². The maximum atomic E-state index is 11.8. The molecule has 1 aliphatic rings. The average Bonchev–Trinajstić information content (AvgIpc) is 2.37. The van der Waals surface area contributed by atoms with E-state index < -0.39 is 5.54 Å². The van der Waals surface area contributed by atoms with Crippen LogP contribution in [-0.2, 0) is 4.79 Å². The summed E-state index contributed by atoms with van der Waals surface area (Å²) in [6.45, 7) is 17.1. The summed E-state index contributed by atoms with van der Waals surface area (Å²) < 4.78 is 0. The van der Waals surface area contributed by atoms with E-state index in [1.165, 1.54) is 0 Å². The zero-order chi connectivity index (χ0) is 16.2. The molecule has 0 bridgehead atoms. The maximum Gasteiger partial charge on any atom is 0.237 e. The number of hydrogen-bond donors (Lipinski definition) is 2. The van der Waals surface area contributed by atoms with E-state index in [0.717, 1.165) is 32.6 Å². The van der Waals surface area contributed by atoms with Crippen LogP contribution in [0.15, 0.2) is 0 Å². The molecule has 1 rings (SSSR count). The average molecular weight is 298 g/mol. The number of nitrogens with one attached hydrogen (secondary N) is 1. The van der Waals surface area contributed by atoms with Gasteiger partial charge in [0.1, 0.15) is 0 Å². The second-order valence-corrected chi connectivity index (χ2v) is 7.21. The molecule has 3 N–H and O–H groups in total. The smallest absolute Gasteiger partial charge is 0.237 e. The number of nitrogens with two attached hydrogens (primary N) is 1. The van der Waals surface area contributed by atoms with E-state index in [2.05, 4.69) is 35.9 Å². The van der Waals surface area contributed by atoms with E-state index in [-0.39, 0.29) is 11.9 Å². The van der Waals surface area contributed by atoms with Gasteiger partial charge in [-0.25, -0.2) is 0 Å². The van der Waals surface area contributed by atoms with Crippen LogP contribution in [-0.4, -0.2) is 65.6 Å². The first-order chi connectivity index (χ1) is 9.65. The minimum atomic E-state index is -0.636. The van der Waals surface area contributed by atoms with Crippen LogP contribution in [0, 0.1) is 0 Å². The van der Waals surface area contributed by atoms with Gasteiger partial charge in [0.25, 0.3) is 0 Å². The van der Waals surface area contributed by atoms with Gasteiger partial charge in [0.2, 0.25) is 5.91 Å². The van der Waals surface area contributed by atoms with Crippen molar-refractivity contribution in [2.24, 2.45) is 5.73 Å². The highest BCUT2D eigenvalue weighted by Crippen LogP contribution is 2.19. The minimum absolute atomic E-state index is 0.243. The first kappa shape index (κ1) is 18.4. The highest BCUT2D eigenvalue weighted by atomic mass is 16.1. The number of hydrogen-bond acceptors (Lipinski definition) is 4. The van der Waals surface area contributed by atoms with E-state index in [9.17, 15) is 4.79 Å². The fourth-order valence-corrected chi connectivity index (χ4v) is 3.28. The van der Waals surface area contributed by atoms with Crippen LogP contribution in [0.25, 0.3) is 0 Å². The summed E-state index contributed by atoms with van der Waals surface area (Å²) in [6.07, 6.45) is 0.752. The van der Waals surface area contributed by atoms with E-state index >= 15 is 0 Å². The zero-order valence-electron chi connectivity index (χ0n) is 14.6. The Hall–Kier alpha value is -0.650. The van der Waals surface area contributed by atoms with Crippen molar-refractivity contribution < 1.29 is 4.79 Å². The third-order valence-electron chi connectivity index (χ3n) is 4.56. The molecule has 1 aliphatic heterocycles. The quantitative estimate of drug-likeness (QED) is 0.737. The second kappa shape index (κ2) is 7.56. The molecule has 5 heteroatoms. The van der Waals surface area contributed by atoms with Crippen LogP contribution >= 0.6 is 0 Å². The summed E-state index contributed by atoms with van der Waals surface area (Å²) in [5, 5.41) is 3.34. The minimum Gasteiger partial charge on any atom is -0.368 e. The molecular weight excluding hydrogens is 264 g/mol. The summed E-state index contributed by atoms with van der Waals surface area (Å²) in [7, 11) is 0. The van der Waals surface area contributed by atoms with Crippen LogP contribution in [0.5, 0.6) is 0 Å². The topological polar surface area (TPSA) is 61.6 Å². The third-order valence-corrected chi connectivity index (χ3v) is 4.56. The Morgan fingerprint density at radius 1 is 1.10 bits per heavy atom. The van der Waals surface area contributed by atoms with Gasteiger partial charge in [-0.1, -0.05) is 0 Å². The molecule has 1 fully saturated rings. The Bertz CT molecular complexity index is 337. The van der Waals surface area contributed by atoms with E-state index in [0.29, 0.717) is 12.1 Å². The Morgan fingerprint density at radius 3 is 1.95 bits per heavy atom. The highest BCUT2D eigenvalue weighted by molar-refractivity contribution is 5.84. The molecule has 1 amide bonds. The number of carbonyl (C=O) groups is 1. The van der Waals surface area contributed by atoms with Gasteiger partial charge < -0.3 is 11.1 Å². The Morgan fingerprint density at radius 2 is 1.57 bits per heavy atom.